The number of nitrogens with two attached hydrogens (primary N) is 1. The Morgan fingerprint density at radius 2 is 1.69 bits per heavy atom. The summed E-state index contributed by atoms with van der Waals surface area (Å²) in [4.78, 5) is 41.0. The molecule has 0 unspecified atom stereocenters. The molecule has 2 heterocycles. The smallest absolute Gasteiger partial charge is 0.368 e. The summed E-state index contributed by atoms with van der Waals surface area (Å²) in [5.41, 5.74) is 2.39. The molecule has 4 atom stereocenters. The van der Waals surface area contributed by atoms with Crippen molar-refractivity contribution in [2.24, 2.45) is 11.8 Å². The third-order valence-electron chi connectivity index (χ3n) is 6.37. The number of imide groups is 1. The molecule has 2 amide bonds. The van der Waals surface area contributed by atoms with Gasteiger partial charge in [0.05, 0.1) is 12.8 Å². The molecule has 0 saturated carbocycles. The van der Waals surface area contributed by atoms with Crippen LogP contribution in [0, 0.1) is 25.7 Å². The van der Waals surface area contributed by atoms with Crippen molar-refractivity contribution in [3.05, 3.63) is 65.2 Å². The summed E-state index contributed by atoms with van der Waals surface area (Å²) in [5.74, 6) is -2.51. The molecule has 2 aliphatic rings. The van der Waals surface area contributed by atoms with Gasteiger partial charge in [0.2, 0.25) is 17.4 Å². The number of anilines is 1. The number of carbonyl (C=O) groups excluding carboxylic acids is 3. The molecule has 0 aromatic heterocycles. The van der Waals surface area contributed by atoms with E-state index in [9.17, 15) is 14.4 Å². The van der Waals surface area contributed by atoms with E-state index in [1.807, 2.05) is 55.6 Å². The van der Waals surface area contributed by atoms with Crippen LogP contribution in [0.4, 0.5) is 5.69 Å². The van der Waals surface area contributed by atoms with Gasteiger partial charge in [-0.15, -0.1) is 0 Å². The fourth-order valence-electron chi connectivity index (χ4n) is 4.87. The normalized spacial score (nSPS) is 28.6. The van der Waals surface area contributed by atoms with Crippen LogP contribution in [-0.2, 0) is 19.1 Å². The lowest BCUT2D eigenvalue weighted by Gasteiger charge is -2.26. The zero-order chi connectivity index (χ0) is 20.9. The van der Waals surface area contributed by atoms with Crippen molar-refractivity contribution < 1.29 is 24.4 Å². The zero-order valence-corrected chi connectivity index (χ0v) is 17.0. The number of ether oxygens (including phenoxy) is 1. The summed E-state index contributed by atoms with van der Waals surface area (Å²) < 4.78 is 5.05. The van der Waals surface area contributed by atoms with Crippen LogP contribution in [-0.4, -0.2) is 30.4 Å². The van der Waals surface area contributed by atoms with Crippen molar-refractivity contribution in [3.63, 3.8) is 0 Å². The number of carbonyl (C=O) groups is 3. The Morgan fingerprint density at radius 3 is 2.31 bits per heavy atom. The first kappa shape index (κ1) is 19.3. The van der Waals surface area contributed by atoms with Gasteiger partial charge in [0, 0.05) is 12.5 Å². The number of nitrogens with zero attached hydrogens (tertiary/aromatic N) is 1. The lowest BCUT2D eigenvalue weighted by Crippen LogP contribution is -2.97. The summed E-state index contributed by atoms with van der Waals surface area (Å²) in [6.07, 6.45) is 0. The summed E-state index contributed by atoms with van der Waals surface area (Å²) in [5, 5.41) is 1.85. The largest absolute Gasteiger partial charge is 0.464 e. The monoisotopic (exact) mass is 393 g/mol. The van der Waals surface area contributed by atoms with Crippen LogP contribution < -0.4 is 10.2 Å². The number of hydrogen-bond donors (Lipinski definition) is 1. The van der Waals surface area contributed by atoms with E-state index in [0.717, 1.165) is 16.7 Å². The first-order valence-corrected chi connectivity index (χ1v) is 9.74. The molecule has 2 fully saturated rings. The molecule has 2 aromatic rings. The Morgan fingerprint density at radius 1 is 1.03 bits per heavy atom. The molecule has 29 heavy (non-hydrogen) atoms. The van der Waals surface area contributed by atoms with Gasteiger partial charge in [-0.2, -0.15) is 0 Å². The van der Waals surface area contributed by atoms with E-state index in [4.69, 9.17) is 4.74 Å². The average molecular weight is 393 g/mol. The van der Waals surface area contributed by atoms with E-state index >= 15 is 0 Å². The molecule has 0 aliphatic carbocycles. The number of quaternary nitrogens is 1. The zero-order valence-electron chi connectivity index (χ0n) is 17.0. The molecule has 2 N–H and O–H groups in total. The van der Waals surface area contributed by atoms with Crippen LogP contribution in [0.2, 0.25) is 0 Å². The molecule has 2 aromatic carbocycles. The van der Waals surface area contributed by atoms with Crippen molar-refractivity contribution in [2.75, 3.05) is 12.0 Å². The molecule has 0 bridgehead atoms. The fourth-order valence-corrected chi connectivity index (χ4v) is 4.87. The predicted octanol–water partition coefficient (Wildman–Crippen LogP) is 1.66. The van der Waals surface area contributed by atoms with Gasteiger partial charge in [-0.05, 0) is 31.5 Å². The molecule has 4 rings (SSSR count). The van der Waals surface area contributed by atoms with Gasteiger partial charge in [-0.3, -0.25) is 9.59 Å². The number of rotatable bonds is 3. The third-order valence-corrected chi connectivity index (χ3v) is 6.37. The van der Waals surface area contributed by atoms with E-state index < -0.39 is 23.3 Å². The maximum absolute atomic E-state index is 13.5. The van der Waals surface area contributed by atoms with Gasteiger partial charge in [-0.1, -0.05) is 42.0 Å². The van der Waals surface area contributed by atoms with Gasteiger partial charge >= 0.3 is 5.97 Å². The summed E-state index contributed by atoms with van der Waals surface area (Å²) >= 11 is 0. The molecule has 150 valence electrons. The van der Waals surface area contributed by atoms with Crippen molar-refractivity contribution in [2.45, 2.75) is 32.4 Å². The number of aryl methyl sites for hydroxylation is 2. The molecule has 2 aliphatic heterocycles. The molecule has 6 heteroatoms. The SMILES string of the molecule is COC(=O)[C@]1(C)[NH2+][C@@H](c2ccccc2C)[C@H]2C(=O)N(c3ccc(C)cc3)C(=O)[C@@H]21. The number of fused-ring (bicyclic) bond motifs is 1. The van der Waals surface area contributed by atoms with E-state index in [1.165, 1.54) is 12.0 Å². The maximum atomic E-state index is 13.5. The molecule has 0 radical (unpaired) electrons. The Labute approximate surface area is 169 Å². The van der Waals surface area contributed by atoms with Crippen molar-refractivity contribution >= 4 is 23.5 Å². The van der Waals surface area contributed by atoms with E-state index in [1.54, 1.807) is 19.1 Å². The Balaban J connectivity index is 1.84. The van der Waals surface area contributed by atoms with Crippen molar-refractivity contribution in [1.29, 1.82) is 0 Å². The van der Waals surface area contributed by atoms with Gasteiger partial charge in [-0.25, -0.2) is 9.69 Å². The minimum atomic E-state index is -1.17. The predicted molar refractivity (Wildman–Crippen MR) is 107 cm³/mol. The first-order chi connectivity index (χ1) is 13.8. The number of hydrogen-bond acceptors (Lipinski definition) is 4. The molecular weight excluding hydrogens is 368 g/mol. The lowest BCUT2D eigenvalue weighted by molar-refractivity contribution is -0.730. The number of benzene rings is 2. The second-order valence-electron chi connectivity index (χ2n) is 8.17. The number of methoxy groups -OCH3 is 1. The fraction of sp³-hybridized carbons (Fsp3) is 0.348. The molecule has 2 saturated heterocycles. The van der Waals surface area contributed by atoms with Gasteiger partial charge in [0.25, 0.3) is 0 Å². The highest BCUT2D eigenvalue weighted by Gasteiger charge is 2.70. The summed E-state index contributed by atoms with van der Waals surface area (Å²) in [7, 11) is 1.32. The maximum Gasteiger partial charge on any atom is 0.368 e. The summed E-state index contributed by atoms with van der Waals surface area (Å²) in [6, 6.07) is 14.7. The lowest BCUT2D eigenvalue weighted by atomic mass is 9.80. The van der Waals surface area contributed by atoms with Crippen LogP contribution >= 0.6 is 0 Å². The van der Waals surface area contributed by atoms with Crippen LogP contribution in [0.5, 0.6) is 0 Å². The van der Waals surface area contributed by atoms with Gasteiger partial charge in [0.15, 0.2) is 0 Å². The van der Waals surface area contributed by atoms with Crippen LogP contribution in [0.3, 0.4) is 0 Å². The highest BCUT2D eigenvalue weighted by atomic mass is 16.5. The molecule has 0 spiro atoms. The van der Waals surface area contributed by atoms with Gasteiger partial charge < -0.3 is 10.1 Å². The van der Waals surface area contributed by atoms with E-state index in [2.05, 4.69) is 0 Å². The van der Waals surface area contributed by atoms with Crippen molar-refractivity contribution in [3.8, 4) is 0 Å². The highest BCUT2D eigenvalue weighted by Crippen LogP contribution is 2.46. The Hall–Kier alpha value is -2.99. The Bertz CT molecular complexity index is 1000. The first-order valence-electron chi connectivity index (χ1n) is 9.74. The minimum Gasteiger partial charge on any atom is -0.464 e. The van der Waals surface area contributed by atoms with E-state index in [0.29, 0.717) is 5.69 Å². The highest BCUT2D eigenvalue weighted by molar-refractivity contribution is 6.23. The Kier molecular flexibility index (Phi) is 4.54. The molecule has 6 nitrogen and oxygen atoms in total. The second-order valence-corrected chi connectivity index (χ2v) is 8.17. The average Bonchev–Trinajstić information content (AvgIpc) is 3.16. The third kappa shape index (κ3) is 2.78. The standard InChI is InChI=1S/C23H24N2O4/c1-13-9-11-15(12-10-13)25-20(26)17-18(21(25)27)23(3,22(28)29-4)24-19(17)16-8-6-5-7-14(16)2/h5-12,17-19,24H,1-4H3/p+1/t17-,18+,19-,23+/m0/s1. The number of amides is 2. The van der Waals surface area contributed by atoms with Crippen LogP contribution in [0.15, 0.2) is 48.5 Å². The quantitative estimate of drug-likeness (QED) is 0.635. The van der Waals surface area contributed by atoms with Crippen LogP contribution in [0.25, 0.3) is 0 Å². The minimum absolute atomic E-state index is 0.263. The van der Waals surface area contributed by atoms with Crippen molar-refractivity contribution in [1.82, 2.24) is 0 Å². The molecular formula is C23H25N2O4+. The second kappa shape index (κ2) is 6.81. The van der Waals surface area contributed by atoms with Crippen LogP contribution in [0.1, 0.15) is 29.7 Å². The number of esters is 1. The van der Waals surface area contributed by atoms with Gasteiger partial charge in [0.1, 0.15) is 17.9 Å². The summed E-state index contributed by atoms with van der Waals surface area (Å²) in [6.45, 7) is 5.63. The van der Waals surface area contributed by atoms with E-state index in [-0.39, 0.29) is 17.9 Å². The topological polar surface area (TPSA) is 80.3 Å².